The van der Waals surface area contributed by atoms with Crippen LogP contribution in [0.3, 0.4) is 0 Å². The number of nitrogens with one attached hydrogen (secondary N) is 1. The second-order valence-corrected chi connectivity index (χ2v) is 4.04. The van der Waals surface area contributed by atoms with E-state index in [1.807, 2.05) is 35.8 Å². The summed E-state index contributed by atoms with van der Waals surface area (Å²) in [5.74, 6) is 0. The third kappa shape index (κ3) is 2.18. The molecule has 0 bridgehead atoms. The Hall–Kier alpha value is -1.20. The molecule has 2 aromatic rings. The first-order valence-electron chi connectivity index (χ1n) is 4.39. The summed E-state index contributed by atoms with van der Waals surface area (Å²) in [5, 5.41) is 3.34. The van der Waals surface area contributed by atoms with E-state index in [1.165, 1.54) is 10.6 Å². The molecule has 5 heteroatoms. The van der Waals surface area contributed by atoms with Crippen molar-refractivity contribution in [2.45, 2.75) is 13.1 Å². The smallest absolute Gasteiger partial charge is 0.0945 e. The standard InChI is InChI=1S/C9H12N4S/c1-13-6-11-3-8(13)2-10-4-9-5-12-7-14-9/h3,5-7,10H,2,4H2,1H3. The van der Waals surface area contributed by atoms with Gasteiger partial charge in [0.25, 0.3) is 0 Å². The van der Waals surface area contributed by atoms with Crippen molar-refractivity contribution in [3.63, 3.8) is 0 Å². The molecule has 0 aliphatic heterocycles. The summed E-state index contributed by atoms with van der Waals surface area (Å²) in [6, 6.07) is 0. The predicted molar refractivity (Wildman–Crippen MR) is 55.9 cm³/mol. The normalized spacial score (nSPS) is 10.6. The minimum Gasteiger partial charge on any atom is -0.337 e. The first kappa shape index (κ1) is 9.36. The van der Waals surface area contributed by atoms with Crippen molar-refractivity contribution in [1.29, 1.82) is 0 Å². The van der Waals surface area contributed by atoms with Crippen LogP contribution in [0, 0.1) is 0 Å². The van der Waals surface area contributed by atoms with Gasteiger partial charge in [-0.2, -0.15) is 0 Å². The fourth-order valence-corrected chi connectivity index (χ4v) is 1.76. The van der Waals surface area contributed by atoms with Crippen LogP contribution in [0.4, 0.5) is 0 Å². The molecule has 74 valence electrons. The Balaban J connectivity index is 1.81. The molecule has 0 fully saturated rings. The molecule has 0 radical (unpaired) electrons. The van der Waals surface area contributed by atoms with Crippen LogP contribution < -0.4 is 5.32 Å². The molecule has 0 aromatic carbocycles. The Kier molecular flexibility index (Phi) is 2.90. The van der Waals surface area contributed by atoms with E-state index in [0.717, 1.165) is 13.1 Å². The maximum Gasteiger partial charge on any atom is 0.0945 e. The van der Waals surface area contributed by atoms with Crippen LogP contribution in [0.2, 0.25) is 0 Å². The molecule has 0 unspecified atom stereocenters. The molecule has 0 spiro atoms. The van der Waals surface area contributed by atoms with E-state index in [9.17, 15) is 0 Å². The molecule has 1 N–H and O–H groups in total. The summed E-state index contributed by atoms with van der Waals surface area (Å²) in [6.07, 6.45) is 5.57. The average Bonchev–Trinajstić information content (AvgIpc) is 2.78. The van der Waals surface area contributed by atoms with Gasteiger partial charge < -0.3 is 9.88 Å². The lowest BCUT2D eigenvalue weighted by atomic mass is 10.4. The fraction of sp³-hybridized carbons (Fsp3) is 0.333. The molecular formula is C9H12N4S. The topological polar surface area (TPSA) is 42.7 Å². The minimum absolute atomic E-state index is 0.842. The van der Waals surface area contributed by atoms with Crippen LogP contribution in [-0.4, -0.2) is 14.5 Å². The van der Waals surface area contributed by atoms with E-state index < -0.39 is 0 Å². The Labute approximate surface area is 86.6 Å². The molecule has 0 saturated carbocycles. The Morgan fingerprint density at radius 1 is 1.36 bits per heavy atom. The third-order valence-corrected chi connectivity index (χ3v) is 2.78. The van der Waals surface area contributed by atoms with Crippen molar-refractivity contribution < 1.29 is 0 Å². The number of imidazole rings is 1. The van der Waals surface area contributed by atoms with Crippen molar-refractivity contribution in [1.82, 2.24) is 19.9 Å². The average molecular weight is 208 g/mol. The predicted octanol–water partition coefficient (Wildman–Crippen LogP) is 1.17. The van der Waals surface area contributed by atoms with E-state index >= 15 is 0 Å². The molecule has 0 amide bonds. The molecule has 2 heterocycles. The molecule has 14 heavy (non-hydrogen) atoms. The molecule has 0 aliphatic rings. The lowest BCUT2D eigenvalue weighted by Gasteiger charge is -2.02. The van der Waals surface area contributed by atoms with Gasteiger partial charge in [0, 0.05) is 37.4 Å². The van der Waals surface area contributed by atoms with Crippen LogP contribution in [0.15, 0.2) is 24.2 Å². The first-order valence-corrected chi connectivity index (χ1v) is 5.27. The van der Waals surface area contributed by atoms with E-state index in [4.69, 9.17) is 0 Å². The summed E-state index contributed by atoms with van der Waals surface area (Å²) >= 11 is 1.67. The molecular weight excluding hydrogens is 196 g/mol. The minimum atomic E-state index is 0.842. The number of aromatic nitrogens is 3. The van der Waals surface area contributed by atoms with Gasteiger partial charge in [0.2, 0.25) is 0 Å². The van der Waals surface area contributed by atoms with Gasteiger partial charge in [-0.25, -0.2) is 4.98 Å². The lowest BCUT2D eigenvalue weighted by Crippen LogP contribution is -2.13. The van der Waals surface area contributed by atoms with E-state index in [1.54, 1.807) is 11.3 Å². The summed E-state index contributed by atoms with van der Waals surface area (Å²) in [4.78, 5) is 9.32. The lowest BCUT2D eigenvalue weighted by molar-refractivity contribution is 0.660. The van der Waals surface area contributed by atoms with Crippen molar-refractivity contribution in [3.8, 4) is 0 Å². The molecule has 0 aliphatic carbocycles. The quantitative estimate of drug-likeness (QED) is 0.820. The van der Waals surface area contributed by atoms with Crippen LogP contribution in [0.5, 0.6) is 0 Å². The van der Waals surface area contributed by atoms with Crippen LogP contribution in [0.25, 0.3) is 0 Å². The van der Waals surface area contributed by atoms with Gasteiger partial charge in [0.05, 0.1) is 17.5 Å². The summed E-state index contributed by atoms with van der Waals surface area (Å²) in [5.41, 5.74) is 3.04. The third-order valence-electron chi connectivity index (χ3n) is 2.01. The largest absolute Gasteiger partial charge is 0.337 e. The van der Waals surface area contributed by atoms with Gasteiger partial charge in [0.15, 0.2) is 0 Å². The zero-order valence-corrected chi connectivity index (χ0v) is 8.79. The highest BCUT2D eigenvalue weighted by molar-refractivity contribution is 7.09. The molecule has 0 saturated heterocycles. The summed E-state index contributed by atoms with van der Waals surface area (Å²) in [6.45, 7) is 1.71. The summed E-state index contributed by atoms with van der Waals surface area (Å²) < 4.78 is 2.01. The molecule has 4 nitrogen and oxygen atoms in total. The van der Waals surface area contributed by atoms with Gasteiger partial charge in [-0.3, -0.25) is 4.98 Å². The van der Waals surface area contributed by atoms with E-state index in [0.29, 0.717) is 0 Å². The van der Waals surface area contributed by atoms with Gasteiger partial charge >= 0.3 is 0 Å². The second-order valence-electron chi connectivity index (χ2n) is 3.07. The highest BCUT2D eigenvalue weighted by atomic mass is 32.1. The number of thiazole rings is 1. The first-order chi connectivity index (χ1) is 6.86. The monoisotopic (exact) mass is 208 g/mol. The fourth-order valence-electron chi connectivity index (χ4n) is 1.20. The van der Waals surface area contributed by atoms with Crippen LogP contribution in [0.1, 0.15) is 10.6 Å². The Morgan fingerprint density at radius 3 is 2.93 bits per heavy atom. The Bertz CT molecular complexity index is 379. The number of rotatable bonds is 4. The molecule has 2 aromatic heterocycles. The van der Waals surface area contributed by atoms with E-state index in [-0.39, 0.29) is 0 Å². The zero-order valence-electron chi connectivity index (χ0n) is 7.97. The second kappa shape index (κ2) is 4.34. The molecule has 0 atom stereocenters. The van der Waals surface area contributed by atoms with Crippen LogP contribution in [-0.2, 0) is 20.1 Å². The summed E-state index contributed by atoms with van der Waals surface area (Å²) in [7, 11) is 2.00. The van der Waals surface area contributed by atoms with Crippen molar-refractivity contribution in [3.05, 3.63) is 34.8 Å². The van der Waals surface area contributed by atoms with Gasteiger partial charge in [-0.05, 0) is 0 Å². The number of hydrogen-bond donors (Lipinski definition) is 1. The SMILES string of the molecule is Cn1cncc1CNCc1cncs1. The number of nitrogens with zero attached hydrogens (tertiary/aromatic N) is 3. The van der Waals surface area contributed by atoms with Gasteiger partial charge in [-0.15, -0.1) is 11.3 Å². The Morgan fingerprint density at radius 2 is 2.29 bits per heavy atom. The number of aryl methyl sites for hydroxylation is 1. The number of hydrogen-bond acceptors (Lipinski definition) is 4. The van der Waals surface area contributed by atoms with Gasteiger partial charge in [-0.1, -0.05) is 0 Å². The van der Waals surface area contributed by atoms with Crippen molar-refractivity contribution >= 4 is 11.3 Å². The maximum absolute atomic E-state index is 4.05. The van der Waals surface area contributed by atoms with Gasteiger partial charge in [0.1, 0.15) is 0 Å². The van der Waals surface area contributed by atoms with Crippen LogP contribution >= 0.6 is 11.3 Å². The van der Waals surface area contributed by atoms with Crippen molar-refractivity contribution in [2.24, 2.45) is 7.05 Å². The zero-order chi connectivity index (χ0) is 9.80. The van der Waals surface area contributed by atoms with E-state index in [2.05, 4.69) is 15.3 Å². The highest BCUT2D eigenvalue weighted by Gasteiger charge is 1.98. The highest BCUT2D eigenvalue weighted by Crippen LogP contribution is 2.04. The van der Waals surface area contributed by atoms with Crippen molar-refractivity contribution in [2.75, 3.05) is 0 Å². The maximum atomic E-state index is 4.05. The molecule has 2 rings (SSSR count).